The van der Waals surface area contributed by atoms with Gasteiger partial charge in [0, 0.05) is 56.7 Å². The molecule has 272 valence electrons. The van der Waals surface area contributed by atoms with E-state index in [-0.39, 0.29) is 29.2 Å². The average Bonchev–Trinajstić information content (AvgIpc) is 3.12. The summed E-state index contributed by atoms with van der Waals surface area (Å²) >= 11 is 0. The summed E-state index contributed by atoms with van der Waals surface area (Å²) in [4.78, 5) is 30.2. The fourth-order valence-electron chi connectivity index (χ4n) is 5.85. The number of rotatable bonds is 18. The molecule has 1 aliphatic rings. The largest absolute Gasteiger partial charge is 0.493 e. The summed E-state index contributed by atoms with van der Waals surface area (Å²) in [6.07, 6.45) is 7.48. The van der Waals surface area contributed by atoms with Crippen LogP contribution in [0.4, 0.5) is 20.6 Å². The van der Waals surface area contributed by atoms with Crippen LogP contribution in [0.1, 0.15) is 74.7 Å². The Morgan fingerprint density at radius 2 is 1.66 bits per heavy atom. The van der Waals surface area contributed by atoms with Crippen LogP contribution in [-0.4, -0.2) is 76.5 Å². The van der Waals surface area contributed by atoms with Gasteiger partial charge in [-0.05, 0) is 87.2 Å². The number of hydrogen-bond donors (Lipinski definition) is 2. The maximum atomic E-state index is 15.0. The Balaban J connectivity index is 1.41. The summed E-state index contributed by atoms with van der Waals surface area (Å²) in [5, 5.41) is 5.25. The van der Waals surface area contributed by atoms with Gasteiger partial charge >= 0.3 is 6.03 Å². The van der Waals surface area contributed by atoms with E-state index in [0.717, 1.165) is 63.1 Å². The Bertz CT molecular complexity index is 1530. The minimum atomic E-state index is -0.669. The van der Waals surface area contributed by atoms with Crippen molar-refractivity contribution in [2.75, 3.05) is 63.8 Å². The topological polar surface area (TPSA) is 102 Å². The molecule has 3 aromatic rings. The van der Waals surface area contributed by atoms with Gasteiger partial charge in [0.15, 0.2) is 17.3 Å². The molecule has 50 heavy (non-hydrogen) atoms. The molecule has 0 bridgehead atoms. The third-order valence-corrected chi connectivity index (χ3v) is 8.79. The van der Waals surface area contributed by atoms with E-state index in [1.807, 2.05) is 25.1 Å². The standard InChI is InChI=1S/C39H53FN4O6/c1-6-8-10-19-41-39(46)42-34-27-36(48-5)37(26-33(34)40)50-31-14-12-30(13-15-31)44(23-24-47-4)38(45)29-11-16-35(28(3)25-29)49-32-17-21-43(22-18-32)20-9-7-2/h11-16,25-27,32H,6-10,17-24H2,1-5H3,(H2,41,42,46). The molecule has 1 fully saturated rings. The molecule has 4 rings (SSSR count). The number of ether oxygens (including phenoxy) is 4. The van der Waals surface area contributed by atoms with Gasteiger partial charge in [0.2, 0.25) is 0 Å². The Hall–Kier alpha value is -4.35. The van der Waals surface area contributed by atoms with Gasteiger partial charge in [0.25, 0.3) is 5.91 Å². The number of anilines is 2. The molecule has 3 aromatic carbocycles. The molecule has 0 atom stereocenters. The number of halogens is 1. The van der Waals surface area contributed by atoms with Crippen molar-refractivity contribution < 1.29 is 32.9 Å². The number of urea groups is 1. The minimum absolute atomic E-state index is 0.0252. The molecule has 1 heterocycles. The van der Waals surface area contributed by atoms with Crippen LogP contribution < -0.4 is 29.7 Å². The van der Waals surface area contributed by atoms with Gasteiger partial charge in [0.1, 0.15) is 17.6 Å². The van der Waals surface area contributed by atoms with E-state index < -0.39 is 11.8 Å². The molecule has 0 radical (unpaired) electrons. The molecule has 1 saturated heterocycles. The number of nitrogens with one attached hydrogen (secondary N) is 2. The summed E-state index contributed by atoms with van der Waals surface area (Å²) < 4.78 is 38.1. The summed E-state index contributed by atoms with van der Waals surface area (Å²) in [6.45, 7) is 10.7. The average molecular weight is 693 g/mol. The number of amides is 3. The SMILES string of the molecule is CCCCCNC(=O)Nc1cc(OC)c(Oc2ccc(N(CCOC)C(=O)c3ccc(OC4CCN(CCCC)CC4)c(C)c3)cc2)cc1F. The monoisotopic (exact) mass is 692 g/mol. The highest BCUT2D eigenvalue weighted by atomic mass is 19.1. The fraction of sp³-hybridized carbons (Fsp3) is 0.487. The maximum Gasteiger partial charge on any atom is 0.319 e. The molecular formula is C39H53FN4O6. The first kappa shape index (κ1) is 38.5. The molecule has 0 aromatic heterocycles. The zero-order valence-corrected chi connectivity index (χ0v) is 30.2. The van der Waals surface area contributed by atoms with Crippen LogP contribution in [0.2, 0.25) is 0 Å². The van der Waals surface area contributed by atoms with Crippen LogP contribution in [0.25, 0.3) is 0 Å². The van der Waals surface area contributed by atoms with Crippen LogP contribution in [0, 0.1) is 12.7 Å². The number of nitrogens with zero attached hydrogens (tertiary/aromatic N) is 2. The molecule has 2 N–H and O–H groups in total. The summed E-state index contributed by atoms with van der Waals surface area (Å²) in [5.74, 6) is 0.758. The number of hydrogen-bond acceptors (Lipinski definition) is 7. The van der Waals surface area contributed by atoms with Crippen molar-refractivity contribution in [1.29, 1.82) is 0 Å². The second kappa shape index (κ2) is 19.7. The smallest absolute Gasteiger partial charge is 0.319 e. The van der Waals surface area contributed by atoms with E-state index in [4.69, 9.17) is 18.9 Å². The summed E-state index contributed by atoms with van der Waals surface area (Å²) in [7, 11) is 3.03. The highest BCUT2D eigenvalue weighted by Gasteiger charge is 2.23. The molecule has 11 heteroatoms. The van der Waals surface area contributed by atoms with E-state index in [1.165, 1.54) is 32.1 Å². The number of benzene rings is 3. The van der Waals surface area contributed by atoms with Crippen molar-refractivity contribution in [3.05, 3.63) is 71.5 Å². The number of carbonyl (C=O) groups excluding carboxylic acids is 2. The lowest BCUT2D eigenvalue weighted by Gasteiger charge is -2.32. The van der Waals surface area contributed by atoms with Gasteiger partial charge in [-0.25, -0.2) is 9.18 Å². The van der Waals surface area contributed by atoms with Crippen molar-refractivity contribution in [2.24, 2.45) is 0 Å². The fourth-order valence-corrected chi connectivity index (χ4v) is 5.85. The Morgan fingerprint density at radius 3 is 2.32 bits per heavy atom. The molecule has 0 saturated carbocycles. The lowest BCUT2D eigenvalue weighted by Crippen LogP contribution is -2.38. The van der Waals surface area contributed by atoms with E-state index in [9.17, 15) is 14.0 Å². The molecule has 1 aliphatic heterocycles. The second-order valence-corrected chi connectivity index (χ2v) is 12.6. The zero-order valence-electron chi connectivity index (χ0n) is 30.2. The lowest BCUT2D eigenvalue weighted by atomic mass is 10.1. The zero-order chi connectivity index (χ0) is 35.9. The first-order valence-electron chi connectivity index (χ1n) is 17.8. The van der Waals surface area contributed by atoms with Crippen LogP contribution >= 0.6 is 0 Å². The quantitative estimate of drug-likeness (QED) is 0.130. The normalized spacial score (nSPS) is 13.5. The van der Waals surface area contributed by atoms with Crippen LogP contribution in [0.5, 0.6) is 23.0 Å². The third kappa shape index (κ3) is 11.1. The second-order valence-electron chi connectivity index (χ2n) is 12.6. The van der Waals surface area contributed by atoms with Crippen molar-refractivity contribution in [1.82, 2.24) is 10.2 Å². The molecule has 0 unspecified atom stereocenters. The minimum Gasteiger partial charge on any atom is -0.493 e. The molecule has 10 nitrogen and oxygen atoms in total. The van der Waals surface area contributed by atoms with Gasteiger partial charge in [-0.15, -0.1) is 0 Å². The van der Waals surface area contributed by atoms with Gasteiger partial charge < -0.3 is 39.4 Å². The number of methoxy groups -OCH3 is 2. The van der Waals surface area contributed by atoms with Gasteiger partial charge in [0.05, 0.1) is 19.4 Å². The molecule has 0 aliphatic carbocycles. The van der Waals surface area contributed by atoms with Crippen LogP contribution in [0.15, 0.2) is 54.6 Å². The predicted octanol–water partition coefficient (Wildman–Crippen LogP) is 8.18. The maximum absolute atomic E-state index is 15.0. The highest BCUT2D eigenvalue weighted by Crippen LogP contribution is 2.36. The Morgan fingerprint density at radius 1 is 0.920 bits per heavy atom. The lowest BCUT2D eigenvalue weighted by molar-refractivity contribution is 0.0972. The van der Waals surface area contributed by atoms with E-state index >= 15 is 0 Å². The number of carbonyl (C=O) groups is 2. The summed E-state index contributed by atoms with van der Waals surface area (Å²) in [6, 6.07) is 14.6. The van der Waals surface area contributed by atoms with Crippen molar-refractivity contribution in [3.63, 3.8) is 0 Å². The van der Waals surface area contributed by atoms with Gasteiger partial charge in [-0.3, -0.25) is 4.79 Å². The molecule has 3 amide bonds. The van der Waals surface area contributed by atoms with Gasteiger partial charge in [-0.2, -0.15) is 0 Å². The van der Waals surface area contributed by atoms with E-state index in [1.54, 1.807) is 36.3 Å². The summed E-state index contributed by atoms with van der Waals surface area (Å²) in [5.41, 5.74) is 2.08. The number of aryl methyl sites for hydroxylation is 1. The molecular weight excluding hydrogens is 639 g/mol. The van der Waals surface area contributed by atoms with E-state index in [2.05, 4.69) is 29.4 Å². The highest BCUT2D eigenvalue weighted by molar-refractivity contribution is 6.06. The first-order valence-corrected chi connectivity index (χ1v) is 17.8. The third-order valence-electron chi connectivity index (χ3n) is 8.79. The van der Waals surface area contributed by atoms with Crippen molar-refractivity contribution >= 4 is 23.3 Å². The first-order chi connectivity index (χ1) is 24.3. The van der Waals surface area contributed by atoms with E-state index in [0.29, 0.717) is 36.7 Å². The Kier molecular flexibility index (Phi) is 15.2. The van der Waals surface area contributed by atoms with Gasteiger partial charge in [-0.1, -0.05) is 33.1 Å². The number of likely N-dealkylation sites (tertiary alicyclic amines) is 1. The predicted molar refractivity (Wildman–Crippen MR) is 196 cm³/mol. The van der Waals surface area contributed by atoms with Crippen molar-refractivity contribution in [3.8, 4) is 23.0 Å². The number of piperidine rings is 1. The molecule has 0 spiro atoms. The van der Waals surface area contributed by atoms with Crippen molar-refractivity contribution in [2.45, 2.75) is 71.8 Å². The number of unbranched alkanes of at least 4 members (excludes halogenated alkanes) is 3. The van der Waals surface area contributed by atoms with Crippen LogP contribution in [0.3, 0.4) is 0 Å². The Labute approximate surface area is 296 Å². The van der Waals surface area contributed by atoms with Crippen LogP contribution in [-0.2, 0) is 4.74 Å².